The Balaban J connectivity index is 2.05. The molecule has 1 saturated carbocycles. The van der Waals surface area contributed by atoms with Crippen molar-refractivity contribution < 1.29 is 4.79 Å². The van der Waals surface area contributed by atoms with Gasteiger partial charge in [-0.2, -0.15) is 0 Å². The van der Waals surface area contributed by atoms with Gasteiger partial charge in [-0.3, -0.25) is 4.79 Å². The lowest BCUT2D eigenvalue weighted by molar-refractivity contribution is 0.0919. The highest BCUT2D eigenvalue weighted by molar-refractivity contribution is 5.97. The van der Waals surface area contributed by atoms with Crippen molar-refractivity contribution in [2.45, 2.75) is 32.6 Å². The summed E-state index contributed by atoms with van der Waals surface area (Å²) in [6.45, 7) is 2.21. The predicted octanol–water partition coefficient (Wildman–Crippen LogP) is 3.16. The Kier molecular flexibility index (Phi) is 4.00. The lowest BCUT2D eigenvalue weighted by atomic mass is 9.95. The molecule has 0 N–H and O–H groups in total. The van der Waals surface area contributed by atoms with E-state index < -0.39 is 0 Å². The summed E-state index contributed by atoms with van der Waals surface area (Å²) >= 11 is 0. The van der Waals surface area contributed by atoms with Crippen LogP contribution in [-0.4, -0.2) is 24.9 Å². The Hall–Kier alpha value is -1.38. The maximum atomic E-state index is 12.3. The summed E-state index contributed by atoms with van der Waals surface area (Å²) in [5.41, 5.74) is 0.766. The first-order chi connectivity index (χ1) is 8.61. The minimum atomic E-state index is 0.224. The predicted molar refractivity (Wildman–Crippen MR) is 74.0 cm³/mol. The van der Waals surface area contributed by atoms with E-state index in [1.165, 1.54) is 12.8 Å². The summed E-state index contributed by atoms with van der Waals surface area (Å²) in [6.07, 6.45) is 6.23. The number of anilines is 1. The van der Waals surface area contributed by atoms with Crippen LogP contribution in [-0.2, 0) is 0 Å². The van der Waals surface area contributed by atoms with Gasteiger partial charge in [0, 0.05) is 31.8 Å². The molecular formula is C15H22N2O. The molecule has 0 saturated heterocycles. The molecular weight excluding hydrogens is 224 g/mol. The number of ketones is 1. The number of Topliss-reactive ketones (excluding diaryl/α,β-unsaturated/α-hetero) is 1. The summed E-state index contributed by atoms with van der Waals surface area (Å²) in [6, 6.07) is 3.82. The van der Waals surface area contributed by atoms with Crippen molar-refractivity contribution in [3.8, 4) is 0 Å². The Morgan fingerprint density at radius 1 is 1.39 bits per heavy atom. The third-order valence-electron chi connectivity index (χ3n) is 3.98. The fourth-order valence-electron chi connectivity index (χ4n) is 2.72. The number of hydrogen-bond acceptors (Lipinski definition) is 3. The van der Waals surface area contributed by atoms with Crippen LogP contribution in [0.1, 0.15) is 43.0 Å². The lowest BCUT2D eigenvalue weighted by Gasteiger charge is -2.12. The van der Waals surface area contributed by atoms with E-state index in [1.54, 1.807) is 6.20 Å². The van der Waals surface area contributed by atoms with Crippen molar-refractivity contribution in [1.82, 2.24) is 4.98 Å². The quantitative estimate of drug-likeness (QED) is 0.765. The maximum absolute atomic E-state index is 12.3. The Bertz CT molecular complexity index is 411. The zero-order chi connectivity index (χ0) is 13.1. The van der Waals surface area contributed by atoms with Crippen LogP contribution in [0.5, 0.6) is 0 Å². The highest BCUT2D eigenvalue weighted by Crippen LogP contribution is 2.34. The number of hydrogen-bond donors (Lipinski definition) is 0. The number of pyridine rings is 1. The van der Waals surface area contributed by atoms with Crippen LogP contribution in [0.4, 0.5) is 5.82 Å². The van der Waals surface area contributed by atoms with E-state index in [2.05, 4.69) is 11.9 Å². The van der Waals surface area contributed by atoms with Crippen LogP contribution in [0.3, 0.4) is 0 Å². The number of carbonyl (C=O) groups excluding carboxylic acids is 1. The first-order valence-electron chi connectivity index (χ1n) is 6.79. The molecule has 18 heavy (non-hydrogen) atoms. The van der Waals surface area contributed by atoms with E-state index in [-0.39, 0.29) is 11.7 Å². The molecule has 0 aromatic carbocycles. The van der Waals surface area contributed by atoms with Crippen molar-refractivity contribution in [2.75, 3.05) is 19.0 Å². The van der Waals surface area contributed by atoms with Crippen LogP contribution in [0.15, 0.2) is 18.3 Å². The summed E-state index contributed by atoms with van der Waals surface area (Å²) in [4.78, 5) is 18.6. The molecule has 98 valence electrons. The third kappa shape index (κ3) is 2.71. The molecule has 2 unspecified atom stereocenters. The molecule has 3 heteroatoms. The smallest absolute Gasteiger partial charge is 0.167 e. The molecule has 2 rings (SSSR count). The maximum Gasteiger partial charge on any atom is 0.167 e. The zero-order valence-corrected chi connectivity index (χ0v) is 11.5. The van der Waals surface area contributed by atoms with Crippen LogP contribution in [0.25, 0.3) is 0 Å². The van der Waals surface area contributed by atoms with Crippen LogP contribution in [0.2, 0.25) is 0 Å². The molecule has 1 aliphatic rings. The van der Waals surface area contributed by atoms with E-state index in [9.17, 15) is 4.79 Å². The average molecular weight is 246 g/mol. The van der Waals surface area contributed by atoms with Crippen molar-refractivity contribution in [2.24, 2.45) is 11.8 Å². The van der Waals surface area contributed by atoms with Gasteiger partial charge in [0.05, 0.1) is 0 Å². The number of carbonyl (C=O) groups is 1. The van der Waals surface area contributed by atoms with Gasteiger partial charge in [-0.1, -0.05) is 13.3 Å². The second kappa shape index (κ2) is 5.51. The van der Waals surface area contributed by atoms with E-state index in [0.717, 1.165) is 30.1 Å². The lowest BCUT2D eigenvalue weighted by Crippen LogP contribution is -2.14. The van der Waals surface area contributed by atoms with Gasteiger partial charge < -0.3 is 4.90 Å². The SMILES string of the molecule is CCC1CCC(C(=O)c2ccc(N(C)C)nc2)C1. The van der Waals surface area contributed by atoms with Crippen molar-refractivity contribution in [1.29, 1.82) is 0 Å². The molecule has 2 atom stereocenters. The molecule has 0 radical (unpaired) electrons. The van der Waals surface area contributed by atoms with Gasteiger partial charge in [0.2, 0.25) is 0 Å². The summed E-state index contributed by atoms with van der Waals surface area (Å²) in [7, 11) is 3.90. The molecule has 1 aromatic heterocycles. The molecule has 0 bridgehead atoms. The number of rotatable bonds is 4. The topological polar surface area (TPSA) is 33.2 Å². The van der Waals surface area contributed by atoms with Gasteiger partial charge in [0.15, 0.2) is 5.78 Å². The van der Waals surface area contributed by atoms with Crippen LogP contribution >= 0.6 is 0 Å². The van der Waals surface area contributed by atoms with Gasteiger partial charge in [-0.15, -0.1) is 0 Å². The molecule has 1 fully saturated rings. The monoisotopic (exact) mass is 246 g/mol. The van der Waals surface area contributed by atoms with Crippen molar-refractivity contribution >= 4 is 11.6 Å². The molecule has 0 spiro atoms. The largest absolute Gasteiger partial charge is 0.363 e. The Labute approximate surface area is 109 Å². The van der Waals surface area contributed by atoms with Crippen LogP contribution < -0.4 is 4.90 Å². The van der Waals surface area contributed by atoms with Crippen LogP contribution in [0, 0.1) is 11.8 Å². The second-order valence-electron chi connectivity index (χ2n) is 5.45. The fraction of sp³-hybridized carbons (Fsp3) is 0.600. The normalized spacial score (nSPS) is 23.1. The average Bonchev–Trinajstić information content (AvgIpc) is 2.86. The van der Waals surface area contributed by atoms with Crippen molar-refractivity contribution in [3.63, 3.8) is 0 Å². The van der Waals surface area contributed by atoms with Crippen molar-refractivity contribution in [3.05, 3.63) is 23.9 Å². The summed E-state index contributed by atoms with van der Waals surface area (Å²) < 4.78 is 0. The van der Waals surface area contributed by atoms with Gasteiger partial charge in [0.25, 0.3) is 0 Å². The summed E-state index contributed by atoms with van der Waals surface area (Å²) in [5.74, 6) is 2.14. The molecule has 1 aliphatic carbocycles. The second-order valence-corrected chi connectivity index (χ2v) is 5.45. The molecule has 1 heterocycles. The van der Waals surface area contributed by atoms with Gasteiger partial charge >= 0.3 is 0 Å². The fourth-order valence-corrected chi connectivity index (χ4v) is 2.72. The first-order valence-corrected chi connectivity index (χ1v) is 6.79. The third-order valence-corrected chi connectivity index (χ3v) is 3.98. The first kappa shape index (κ1) is 13.1. The molecule has 0 aliphatic heterocycles. The minimum absolute atomic E-state index is 0.224. The highest BCUT2D eigenvalue weighted by atomic mass is 16.1. The van der Waals surface area contributed by atoms with E-state index in [1.807, 2.05) is 31.1 Å². The zero-order valence-electron chi connectivity index (χ0n) is 11.5. The molecule has 3 nitrogen and oxygen atoms in total. The standard InChI is InChI=1S/C15H22N2O/c1-4-11-5-6-12(9-11)15(18)13-7-8-14(16-10-13)17(2)3/h7-8,10-12H,4-6,9H2,1-3H3. The van der Waals surface area contributed by atoms with Gasteiger partial charge in [-0.05, 0) is 37.3 Å². The minimum Gasteiger partial charge on any atom is -0.363 e. The molecule has 0 amide bonds. The highest BCUT2D eigenvalue weighted by Gasteiger charge is 2.29. The number of aromatic nitrogens is 1. The van der Waals surface area contributed by atoms with E-state index >= 15 is 0 Å². The van der Waals surface area contributed by atoms with E-state index in [0.29, 0.717) is 0 Å². The number of nitrogens with zero attached hydrogens (tertiary/aromatic N) is 2. The Morgan fingerprint density at radius 2 is 2.17 bits per heavy atom. The molecule has 1 aromatic rings. The van der Waals surface area contributed by atoms with E-state index in [4.69, 9.17) is 0 Å². The Morgan fingerprint density at radius 3 is 2.67 bits per heavy atom. The summed E-state index contributed by atoms with van der Waals surface area (Å²) in [5, 5.41) is 0. The van der Waals surface area contributed by atoms with Gasteiger partial charge in [-0.25, -0.2) is 4.98 Å². The van der Waals surface area contributed by atoms with Gasteiger partial charge in [0.1, 0.15) is 5.82 Å².